The van der Waals surface area contributed by atoms with Crippen molar-refractivity contribution < 1.29 is 14.0 Å². The van der Waals surface area contributed by atoms with Crippen LogP contribution < -0.4 is 0 Å². The van der Waals surface area contributed by atoms with E-state index in [4.69, 9.17) is 16.0 Å². The van der Waals surface area contributed by atoms with Crippen LogP contribution in [-0.4, -0.2) is 16.8 Å². The predicted octanol–water partition coefficient (Wildman–Crippen LogP) is 6.13. The molecule has 4 aromatic rings. The number of hydrogen-bond acceptors (Lipinski definition) is 3. The summed E-state index contributed by atoms with van der Waals surface area (Å²) in [4.78, 5) is 24.6. The number of aromatic nitrogens is 1. The molecule has 0 amide bonds. The molecule has 6 heteroatoms. The van der Waals surface area contributed by atoms with Crippen molar-refractivity contribution in [3.63, 3.8) is 0 Å². The molecule has 0 saturated carbocycles. The summed E-state index contributed by atoms with van der Waals surface area (Å²) in [6.07, 6.45) is 0.774. The van der Waals surface area contributed by atoms with Gasteiger partial charge in [0, 0.05) is 26.7 Å². The van der Waals surface area contributed by atoms with Gasteiger partial charge in [-0.25, -0.2) is 0 Å². The number of carbonyl (C=O) groups excluding carboxylic acids is 2. The number of carbonyl (C=O) groups is 2. The lowest BCUT2D eigenvalue weighted by atomic mass is 10.1. The highest BCUT2D eigenvalue weighted by Gasteiger charge is 2.22. The molecule has 2 aromatic heterocycles. The molecule has 0 unspecified atom stereocenters. The fraction of sp³-hybridized carbons (Fsp3) is 0.0476. The molecular formula is C21H13BrClNO3. The van der Waals surface area contributed by atoms with Crippen molar-refractivity contribution in [2.45, 2.75) is 6.92 Å². The summed E-state index contributed by atoms with van der Waals surface area (Å²) in [5.74, 6) is 0.335. The first-order valence-electron chi connectivity index (χ1n) is 8.16. The summed E-state index contributed by atoms with van der Waals surface area (Å²) in [6.45, 7) is 1.75. The third-order valence-corrected chi connectivity index (χ3v) is 5.30. The minimum absolute atomic E-state index is 0.172. The third-order valence-electron chi connectivity index (χ3n) is 4.49. The molecule has 4 nitrogen and oxygen atoms in total. The van der Waals surface area contributed by atoms with E-state index in [9.17, 15) is 9.59 Å². The van der Waals surface area contributed by atoms with Crippen LogP contribution in [0.2, 0.25) is 5.02 Å². The zero-order valence-electron chi connectivity index (χ0n) is 14.2. The second kappa shape index (κ2) is 6.83. The number of nitrogens with zero attached hydrogens (tertiary/aromatic N) is 1. The summed E-state index contributed by atoms with van der Waals surface area (Å²) in [7, 11) is 0. The number of hydrogen-bond donors (Lipinski definition) is 0. The highest BCUT2D eigenvalue weighted by Crippen LogP contribution is 2.32. The Balaban J connectivity index is 1.81. The van der Waals surface area contributed by atoms with Crippen LogP contribution in [0.25, 0.3) is 22.2 Å². The summed E-state index contributed by atoms with van der Waals surface area (Å²) in [5.41, 5.74) is 2.45. The zero-order valence-corrected chi connectivity index (χ0v) is 16.5. The van der Waals surface area contributed by atoms with E-state index in [0.29, 0.717) is 33.1 Å². The average Bonchev–Trinajstić information content (AvgIpc) is 3.23. The van der Waals surface area contributed by atoms with Gasteiger partial charge >= 0.3 is 0 Å². The molecule has 0 bridgehead atoms. The van der Waals surface area contributed by atoms with Crippen LogP contribution in [-0.2, 0) is 0 Å². The SMILES string of the molecule is Cc1c(C=O)c2ccccc2n1C(=O)c1ccc(-c2ccc(Br)cc2Cl)o1. The smallest absolute Gasteiger partial charge is 0.298 e. The Hall–Kier alpha value is -2.63. The fourth-order valence-corrected chi connectivity index (χ4v) is 3.97. The molecule has 0 atom stereocenters. The van der Waals surface area contributed by atoms with Crippen LogP contribution in [0.1, 0.15) is 26.6 Å². The fourth-order valence-electron chi connectivity index (χ4n) is 3.20. The molecule has 0 aliphatic carbocycles. The molecule has 0 fully saturated rings. The van der Waals surface area contributed by atoms with Crippen LogP contribution in [0.3, 0.4) is 0 Å². The molecule has 0 aliphatic heterocycles. The Labute approximate surface area is 168 Å². The van der Waals surface area contributed by atoms with Gasteiger partial charge in [-0.2, -0.15) is 0 Å². The Morgan fingerprint density at radius 2 is 1.93 bits per heavy atom. The van der Waals surface area contributed by atoms with E-state index in [1.807, 2.05) is 36.4 Å². The van der Waals surface area contributed by atoms with Gasteiger partial charge in [0.1, 0.15) is 5.76 Å². The highest BCUT2D eigenvalue weighted by molar-refractivity contribution is 9.10. The lowest BCUT2D eigenvalue weighted by Gasteiger charge is -2.05. The van der Waals surface area contributed by atoms with E-state index in [2.05, 4.69) is 15.9 Å². The first kappa shape index (κ1) is 17.8. The van der Waals surface area contributed by atoms with E-state index in [0.717, 1.165) is 16.1 Å². The number of aldehydes is 1. The molecule has 0 aliphatic rings. The number of furan rings is 1. The van der Waals surface area contributed by atoms with Crippen molar-refractivity contribution in [1.29, 1.82) is 0 Å². The zero-order chi connectivity index (χ0) is 19.1. The van der Waals surface area contributed by atoms with Crippen LogP contribution in [0.4, 0.5) is 0 Å². The topological polar surface area (TPSA) is 52.2 Å². The van der Waals surface area contributed by atoms with Gasteiger partial charge in [0.2, 0.25) is 0 Å². The summed E-state index contributed by atoms with van der Waals surface area (Å²) < 4.78 is 8.16. The molecular weight excluding hydrogens is 430 g/mol. The molecule has 2 aromatic carbocycles. The Bertz CT molecular complexity index is 1210. The van der Waals surface area contributed by atoms with Crippen molar-refractivity contribution in [2.75, 3.05) is 0 Å². The molecule has 134 valence electrons. The molecule has 4 rings (SSSR count). The lowest BCUT2D eigenvalue weighted by Crippen LogP contribution is -2.12. The van der Waals surface area contributed by atoms with E-state index in [1.165, 1.54) is 4.57 Å². The van der Waals surface area contributed by atoms with Crippen LogP contribution in [0.5, 0.6) is 0 Å². The van der Waals surface area contributed by atoms with Crippen molar-refractivity contribution in [2.24, 2.45) is 0 Å². The number of fused-ring (bicyclic) bond motifs is 1. The predicted molar refractivity (Wildman–Crippen MR) is 109 cm³/mol. The molecule has 0 N–H and O–H groups in total. The largest absolute Gasteiger partial charge is 0.451 e. The third kappa shape index (κ3) is 2.93. The van der Waals surface area contributed by atoms with Gasteiger partial charge in [-0.3, -0.25) is 14.2 Å². The average molecular weight is 443 g/mol. The highest BCUT2D eigenvalue weighted by atomic mass is 79.9. The minimum Gasteiger partial charge on any atom is -0.451 e. The monoisotopic (exact) mass is 441 g/mol. The summed E-state index contributed by atoms with van der Waals surface area (Å²) in [6, 6.07) is 16.1. The molecule has 2 heterocycles. The maximum atomic E-state index is 13.1. The van der Waals surface area contributed by atoms with Crippen molar-refractivity contribution in [3.8, 4) is 11.3 Å². The van der Waals surface area contributed by atoms with Crippen molar-refractivity contribution in [1.82, 2.24) is 4.57 Å². The first-order valence-corrected chi connectivity index (χ1v) is 9.33. The van der Waals surface area contributed by atoms with Gasteiger partial charge in [0.15, 0.2) is 12.0 Å². The van der Waals surface area contributed by atoms with Gasteiger partial charge in [0.05, 0.1) is 10.5 Å². The van der Waals surface area contributed by atoms with Crippen LogP contribution in [0, 0.1) is 6.92 Å². The molecule has 27 heavy (non-hydrogen) atoms. The Morgan fingerprint density at radius 3 is 2.67 bits per heavy atom. The first-order chi connectivity index (χ1) is 13.0. The number of rotatable bonds is 3. The quantitative estimate of drug-likeness (QED) is 0.359. The maximum Gasteiger partial charge on any atom is 0.298 e. The summed E-state index contributed by atoms with van der Waals surface area (Å²) in [5, 5.41) is 1.25. The van der Waals surface area contributed by atoms with E-state index in [-0.39, 0.29) is 11.7 Å². The standard InChI is InChI=1S/C21H13BrClNO3/c1-12-16(11-25)14-4-2-3-5-18(14)24(12)21(26)20-9-8-19(27-20)15-7-6-13(22)10-17(15)23/h2-11H,1H3. The van der Waals surface area contributed by atoms with E-state index < -0.39 is 0 Å². The maximum absolute atomic E-state index is 13.1. The molecule has 0 radical (unpaired) electrons. The van der Waals surface area contributed by atoms with E-state index in [1.54, 1.807) is 25.1 Å². The van der Waals surface area contributed by atoms with Gasteiger partial charge in [-0.1, -0.05) is 45.7 Å². The Morgan fingerprint density at radius 1 is 1.15 bits per heavy atom. The Kier molecular flexibility index (Phi) is 4.50. The summed E-state index contributed by atoms with van der Waals surface area (Å²) >= 11 is 9.64. The van der Waals surface area contributed by atoms with Crippen LogP contribution in [0.15, 0.2) is 63.5 Å². The second-order valence-corrected chi connectivity index (χ2v) is 7.39. The minimum atomic E-state index is -0.337. The number of benzene rings is 2. The van der Waals surface area contributed by atoms with Gasteiger partial charge in [-0.05, 0) is 43.3 Å². The van der Waals surface area contributed by atoms with Crippen molar-refractivity contribution >= 4 is 50.6 Å². The van der Waals surface area contributed by atoms with Gasteiger partial charge in [0.25, 0.3) is 5.91 Å². The van der Waals surface area contributed by atoms with Gasteiger partial charge < -0.3 is 4.42 Å². The van der Waals surface area contributed by atoms with Gasteiger partial charge in [-0.15, -0.1) is 0 Å². The number of para-hydroxylation sites is 1. The number of halogens is 2. The molecule has 0 spiro atoms. The molecule has 0 saturated heterocycles. The lowest BCUT2D eigenvalue weighted by molar-refractivity contribution is 0.0936. The second-order valence-electron chi connectivity index (χ2n) is 6.06. The normalized spacial score (nSPS) is 11.1. The van der Waals surface area contributed by atoms with E-state index >= 15 is 0 Å². The van der Waals surface area contributed by atoms with Crippen LogP contribution >= 0.6 is 27.5 Å². The van der Waals surface area contributed by atoms with Crippen molar-refractivity contribution in [3.05, 3.63) is 81.1 Å².